The van der Waals surface area contributed by atoms with E-state index in [1.54, 1.807) is 7.05 Å². The summed E-state index contributed by atoms with van der Waals surface area (Å²) in [5.41, 5.74) is 6.37. The molecule has 0 amide bonds. The molecule has 0 saturated carbocycles. The van der Waals surface area contributed by atoms with Gasteiger partial charge in [0, 0.05) is 12.7 Å². The second-order valence-corrected chi connectivity index (χ2v) is 4.38. The molecule has 1 heterocycles. The van der Waals surface area contributed by atoms with Crippen molar-refractivity contribution in [2.75, 3.05) is 5.73 Å². The average Bonchev–Trinajstić information content (AvgIpc) is 2.61. The van der Waals surface area contributed by atoms with E-state index in [0.717, 1.165) is 6.07 Å². The van der Waals surface area contributed by atoms with Gasteiger partial charge < -0.3 is 5.73 Å². The first-order chi connectivity index (χ1) is 8.00. The zero-order valence-electron chi connectivity index (χ0n) is 8.95. The Bertz CT molecular complexity index is 575. The van der Waals surface area contributed by atoms with E-state index in [1.165, 1.54) is 23.0 Å². The summed E-state index contributed by atoms with van der Waals surface area (Å²) < 4.78 is 15.1. The van der Waals surface area contributed by atoms with Crippen LogP contribution in [0.3, 0.4) is 0 Å². The minimum atomic E-state index is -0.499. The third kappa shape index (κ3) is 2.08. The Morgan fingerprint density at radius 1 is 1.53 bits per heavy atom. The smallest absolute Gasteiger partial charge is 0.214 e. The summed E-state index contributed by atoms with van der Waals surface area (Å²) in [6.07, 6.45) is 1.50. The van der Waals surface area contributed by atoms with E-state index in [2.05, 4.69) is 21.0 Å². The zero-order valence-corrected chi connectivity index (χ0v) is 10.5. The van der Waals surface area contributed by atoms with E-state index in [-0.39, 0.29) is 17.0 Å². The first-order valence-electron chi connectivity index (χ1n) is 4.78. The normalized spacial score (nSPS) is 10.5. The fourth-order valence-corrected chi connectivity index (χ4v) is 2.05. The lowest BCUT2D eigenvalue weighted by Gasteiger charge is -2.05. The summed E-state index contributed by atoms with van der Waals surface area (Å²) in [5.74, 6) is -0.866. The van der Waals surface area contributed by atoms with Crippen LogP contribution in [-0.2, 0) is 7.05 Å². The Morgan fingerprint density at radius 3 is 2.82 bits per heavy atom. The SMILES string of the molecule is Cn1ncc(Br)c1C(=O)c1cc(F)ccc1N. The van der Waals surface area contributed by atoms with Crippen LogP contribution < -0.4 is 5.73 Å². The Balaban J connectivity index is 2.55. The number of ketones is 1. The van der Waals surface area contributed by atoms with Gasteiger partial charge in [0.25, 0.3) is 0 Å². The third-order valence-corrected chi connectivity index (χ3v) is 2.95. The Kier molecular flexibility index (Phi) is 2.97. The van der Waals surface area contributed by atoms with Crippen molar-refractivity contribution in [2.24, 2.45) is 7.05 Å². The summed E-state index contributed by atoms with van der Waals surface area (Å²) in [6, 6.07) is 3.70. The van der Waals surface area contributed by atoms with Crippen LogP contribution in [0.2, 0.25) is 0 Å². The largest absolute Gasteiger partial charge is 0.398 e. The molecule has 4 nitrogen and oxygen atoms in total. The maximum atomic E-state index is 13.1. The van der Waals surface area contributed by atoms with Crippen LogP contribution in [0, 0.1) is 5.82 Å². The van der Waals surface area contributed by atoms with E-state index in [4.69, 9.17) is 5.73 Å². The molecule has 0 atom stereocenters. The van der Waals surface area contributed by atoms with Crippen LogP contribution in [0.1, 0.15) is 16.1 Å². The maximum absolute atomic E-state index is 13.1. The molecule has 1 aromatic heterocycles. The first-order valence-corrected chi connectivity index (χ1v) is 5.57. The van der Waals surface area contributed by atoms with Gasteiger partial charge in [0.1, 0.15) is 11.5 Å². The van der Waals surface area contributed by atoms with Crippen LogP contribution in [0.5, 0.6) is 0 Å². The molecule has 1 aromatic carbocycles. The highest BCUT2D eigenvalue weighted by Gasteiger charge is 2.19. The fraction of sp³-hybridized carbons (Fsp3) is 0.0909. The van der Waals surface area contributed by atoms with E-state index >= 15 is 0 Å². The quantitative estimate of drug-likeness (QED) is 0.682. The van der Waals surface area contributed by atoms with Crippen molar-refractivity contribution >= 4 is 27.4 Å². The maximum Gasteiger partial charge on any atom is 0.214 e. The number of anilines is 1. The molecule has 0 unspecified atom stereocenters. The molecule has 0 bridgehead atoms. The van der Waals surface area contributed by atoms with E-state index in [9.17, 15) is 9.18 Å². The number of nitrogens with two attached hydrogens (primary N) is 1. The molecule has 0 aliphatic rings. The standard InChI is InChI=1S/C11H9BrFN3O/c1-16-10(8(12)5-15-16)11(17)7-4-6(13)2-3-9(7)14/h2-5H,14H2,1H3. The van der Waals surface area contributed by atoms with Crippen molar-refractivity contribution in [3.05, 3.63) is 45.9 Å². The van der Waals surface area contributed by atoms with Gasteiger partial charge in [-0.05, 0) is 34.1 Å². The molecule has 2 N–H and O–H groups in total. The highest BCUT2D eigenvalue weighted by atomic mass is 79.9. The van der Waals surface area contributed by atoms with Gasteiger partial charge in [-0.3, -0.25) is 9.48 Å². The summed E-state index contributed by atoms with van der Waals surface area (Å²) in [4.78, 5) is 12.2. The predicted octanol–water partition coefficient (Wildman–Crippen LogP) is 2.13. The van der Waals surface area contributed by atoms with Crippen molar-refractivity contribution in [2.45, 2.75) is 0 Å². The number of hydrogen-bond acceptors (Lipinski definition) is 3. The fourth-order valence-electron chi connectivity index (χ4n) is 1.52. The van der Waals surface area contributed by atoms with Gasteiger partial charge in [0.15, 0.2) is 0 Å². The number of aryl methyl sites for hydroxylation is 1. The monoisotopic (exact) mass is 297 g/mol. The molecule has 0 spiro atoms. The number of halogens is 2. The van der Waals surface area contributed by atoms with Crippen LogP contribution in [-0.4, -0.2) is 15.6 Å². The van der Waals surface area contributed by atoms with Gasteiger partial charge in [0.2, 0.25) is 5.78 Å². The lowest BCUT2D eigenvalue weighted by Crippen LogP contribution is -2.11. The lowest BCUT2D eigenvalue weighted by molar-refractivity contribution is 0.103. The number of carbonyl (C=O) groups excluding carboxylic acids is 1. The topological polar surface area (TPSA) is 60.9 Å². The van der Waals surface area contributed by atoms with Gasteiger partial charge in [-0.25, -0.2) is 4.39 Å². The van der Waals surface area contributed by atoms with Crippen LogP contribution >= 0.6 is 15.9 Å². The Labute approximate surface area is 105 Å². The number of nitrogens with zero attached hydrogens (tertiary/aromatic N) is 2. The average molecular weight is 298 g/mol. The van der Waals surface area contributed by atoms with Gasteiger partial charge in [-0.15, -0.1) is 0 Å². The number of carbonyl (C=O) groups is 1. The van der Waals surface area contributed by atoms with E-state index in [1.807, 2.05) is 0 Å². The molecular formula is C11H9BrFN3O. The summed E-state index contributed by atoms with van der Waals surface area (Å²) in [7, 11) is 1.63. The molecule has 0 radical (unpaired) electrons. The van der Waals surface area contributed by atoms with E-state index in [0.29, 0.717) is 10.2 Å². The number of aromatic nitrogens is 2. The van der Waals surface area contributed by atoms with Gasteiger partial charge >= 0.3 is 0 Å². The second-order valence-electron chi connectivity index (χ2n) is 3.53. The second kappa shape index (κ2) is 4.29. The number of nitrogen functional groups attached to an aromatic ring is 1. The Hall–Kier alpha value is -1.69. The summed E-state index contributed by atoms with van der Waals surface area (Å²) >= 11 is 3.22. The van der Waals surface area contributed by atoms with Gasteiger partial charge in [-0.2, -0.15) is 5.10 Å². The van der Waals surface area contributed by atoms with Crippen molar-refractivity contribution in [1.82, 2.24) is 9.78 Å². The van der Waals surface area contributed by atoms with Crippen molar-refractivity contribution in [3.63, 3.8) is 0 Å². The highest BCUT2D eigenvalue weighted by Crippen LogP contribution is 2.22. The molecule has 17 heavy (non-hydrogen) atoms. The van der Waals surface area contributed by atoms with Crippen molar-refractivity contribution in [1.29, 1.82) is 0 Å². The molecule has 88 valence electrons. The lowest BCUT2D eigenvalue weighted by atomic mass is 10.1. The molecule has 0 saturated heterocycles. The Morgan fingerprint density at radius 2 is 2.24 bits per heavy atom. The zero-order chi connectivity index (χ0) is 12.6. The summed E-state index contributed by atoms with van der Waals surface area (Å²) in [6.45, 7) is 0. The molecular weight excluding hydrogens is 289 g/mol. The predicted molar refractivity (Wildman–Crippen MR) is 65.2 cm³/mol. The highest BCUT2D eigenvalue weighted by molar-refractivity contribution is 9.10. The molecule has 0 aliphatic heterocycles. The molecule has 0 aliphatic carbocycles. The molecule has 2 aromatic rings. The minimum absolute atomic E-state index is 0.134. The number of hydrogen-bond donors (Lipinski definition) is 1. The summed E-state index contributed by atoms with van der Waals surface area (Å²) in [5, 5.41) is 3.93. The van der Waals surface area contributed by atoms with Gasteiger partial charge in [-0.1, -0.05) is 0 Å². The minimum Gasteiger partial charge on any atom is -0.398 e. The molecule has 2 rings (SSSR count). The third-order valence-electron chi connectivity index (χ3n) is 2.37. The van der Waals surface area contributed by atoms with Crippen molar-refractivity contribution < 1.29 is 9.18 Å². The first kappa shape index (κ1) is 11.8. The molecule has 0 fully saturated rings. The van der Waals surface area contributed by atoms with Crippen LogP contribution in [0.4, 0.5) is 10.1 Å². The number of rotatable bonds is 2. The van der Waals surface area contributed by atoms with Crippen molar-refractivity contribution in [3.8, 4) is 0 Å². The van der Waals surface area contributed by atoms with E-state index < -0.39 is 5.82 Å². The number of benzene rings is 1. The van der Waals surface area contributed by atoms with Crippen LogP contribution in [0.15, 0.2) is 28.9 Å². The molecule has 6 heteroatoms. The van der Waals surface area contributed by atoms with Crippen LogP contribution in [0.25, 0.3) is 0 Å². The van der Waals surface area contributed by atoms with Gasteiger partial charge in [0.05, 0.1) is 16.2 Å².